The molecule has 0 atom stereocenters. The van der Waals surface area contributed by atoms with Crippen LogP contribution in [-0.4, -0.2) is 4.98 Å². The monoisotopic (exact) mass is 290 g/mol. The maximum absolute atomic E-state index is 12.8. The molecule has 1 aromatic heterocycles. The zero-order chi connectivity index (χ0) is 12.3. The molecule has 0 saturated carbocycles. The lowest BCUT2D eigenvalue weighted by molar-refractivity contribution is 0.628. The van der Waals surface area contributed by atoms with Crippen molar-refractivity contribution in [3.05, 3.63) is 53.5 Å². The predicted octanol–water partition coefficient (Wildman–Crippen LogP) is 3.65. The molecule has 2 nitrogen and oxygen atoms in total. The Balaban J connectivity index is 2.47. The first kappa shape index (κ1) is 11.7. The second kappa shape index (κ2) is 5.07. The largest absolute Gasteiger partial charge is 0.251 e. The summed E-state index contributed by atoms with van der Waals surface area (Å²) >= 11 is 3.29. The van der Waals surface area contributed by atoms with Crippen LogP contribution in [0, 0.1) is 17.1 Å². The molecule has 84 valence electrons. The molecule has 0 fully saturated rings. The molecule has 4 heteroatoms. The van der Waals surface area contributed by atoms with Crippen LogP contribution in [0.15, 0.2) is 36.4 Å². The van der Waals surface area contributed by atoms with Gasteiger partial charge >= 0.3 is 0 Å². The fourth-order valence-corrected chi connectivity index (χ4v) is 1.91. The summed E-state index contributed by atoms with van der Waals surface area (Å²) in [5.41, 5.74) is 2.80. The summed E-state index contributed by atoms with van der Waals surface area (Å²) in [5, 5.41) is 9.41. The molecular formula is C13H8BrFN2. The van der Waals surface area contributed by atoms with Gasteiger partial charge in [-0.15, -0.1) is 0 Å². The minimum absolute atomic E-state index is 0.275. The van der Waals surface area contributed by atoms with Gasteiger partial charge in [0.2, 0.25) is 0 Å². The smallest absolute Gasteiger partial charge is 0.123 e. The Morgan fingerprint density at radius 1 is 1.18 bits per heavy atom. The van der Waals surface area contributed by atoms with E-state index in [1.807, 2.05) is 0 Å². The van der Waals surface area contributed by atoms with Gasteiger partial charge in [0.25, 0.3) is 0 Å². The van der Waals surface area contributed by atoms with Crippen LogP contribution in [0.3, 0.4) is 0 Å². The highest BCUT2D eigenvalue weighted by atomic mass is 79.9. The van der Waals surface area contributed by atoms with E-state index in [2.05, 4.69) is 27.0 Å². The molecule has 0 aliphatic heterocycles. The van der Waals surface area contributed by atoms with Gasteiger partial charge in [-0.2, -0.15) is 5.26 Å². The van der Waals surface area contributed by atoms with Crippen LogP contribution in [-0.2, 0) is 5.33 Å². The topological polar surface area (TPSA) is 36.7 Å². The summed E-state index contributed by atoms with van der Waals surface area (Å²) in [5.74, 6) is -0.275. The van der Waals surface area contributed by atoms with Crippen molar-refractivity contribution in [2.24, 2.45) is 0 Å². The van der Waals surface area contributed by atoms with Crippen LogP contribution < -0.4 is 0 Å². The van der Waals surface area contributed by atoms with Crippen molar-refractivity contribution in [3.63, 3.8) is 0 Å². The third-order valence-corrected chi connectivity index (χ3v) is 2.89. The van der Waals surface area contributed by atoms with E-state index in [0.717, 1.165) is 11.3 Å². The van der Waals surface area contributed by atoms with Crippen molar-refractivity contribution in [3.8, 4) is 17.3 Å². The molecular weight excluding hydrogens is 283 g/mol. The van der Waals surface area contributed by atoms with Gasteiger partial charge in [-0.3, -0.25) is 4.98 Å². The van der Waals surface area contributed by atoms with Crippen LogP contribution in [0.25, 0.3) is 11.3 Å². The Kier molecular flexibility index (Phi) is 3.50. The molecule has 17 heavy (non-hydrogen) atoms. The van der Waals surface area contributed by atoms with Crippen molar-refractivity contribution in [1.29, 1.82) is 5.26 Å². The van der Waals surface area contributed by atoms with Gasteiger partial charge in [0.1, 0.15) is 11.9 Å². The summed E-state index contributed by atoms with van der Waals surface area (Å²) in [7, 11) is 0. The van der Waals surface area contributed by atoms with Gasteiger partial charge in [-0.05, 0) is 36.4 Å². The highest BCUT2D eigenvalue weighted by Crippen LogP contribution is 2.20. The zero-order valence-electron chi connectivity index (χ0n) is 8.82. The fraction of sp³-hybridized carbons (Fsp3) is 0.0769. The first-order valence-electron chi connectivity index (χ1n) is 4.96. The van der Waals surface area contributed by atoms with Crippen molar-refractivity contribution in [2.45, 2.75) is 5.33 Å². The number of nitrogens with zero attached hydrogens (tertiary/aromatic N) is 2. The minimum atomic E-state index is -0.275. The Labute approximate surface area is 107 Å². The zero-order valence-corrected chi connectivity index (χ0v) is 10.4. The third-order valence-electron chi connectivity index (χ3n) is 2.36. The normalized spacial score (nSPS) is 9.94. The van der Waals surface area contributed by atoms with E-state index in [1.54, 1.807) is 24.3 Å². The van der Waals surface area contributed by atoms with E-state index in [4.69, 9.17) is 5.26 Å². The lowest BCUT2D eigenvalue weighted by Crippen LogP contribution is -1.93. The lowest BCUT2D eigenvalue weighted by Gasteiger charge is -2.04. The Bertz CT molecular complexity index is 573. The minimum Gasteiger partial charge on any atom is -0.251 e. The van der Waals surface area contributed by atoms with Gasteiger partial charge in [0.05, 0.1) is 17.0 Å². The highest BCUT2D eigenvalue weighted by Gasteiger charge is 2.06. The number of pyridine rings is 1. The quantitative estimate of drug-likeness (QED) is 0.792. The van der Waals surface area contributed by atoms with Crippen LogP contribution in [0.4, 0.5) is 4.39 Å². The number of benzene rings is 1. The predicted molar refractivity (Wildman–Crippen MR) is 67.0 cm³/mol. The lowest BCUT2D eigenvalue weighted by atomic mass is 10.1. The summed E-state index contributed by atoms with van der Waals surface area (Å²) < 4.78 is 12.8. The first-order valence-corrected chi connectivity index (χ1v) is 6.08. The van der Waals surface area contributed by atoms with Gasteiger partial charge in [0, 0.05) is 10.9 Å². The van der Waals surface area contributed by atoms with Gasteiger partial charge in [-0.1, -0.05) is 15.9 Å². The number of aromatic nitrogens is 1. The van der Waals surface area contributed by atoms with Crippen LogP contribution in [0.2, 0.25) is 0 Å². The summed E-state index contributed by atoms with van der Waals surface area (Å²) in [6.07, 6.45) is 0. The SMILES string of the molecule is N#Cc1ccc(-c2ccc(F)cc2)nc1CBr. The summed E-state index contributed by atoms with van der Waals surface area (Å²) in [4.78, 5) is 4.37. The fourth-order valence-electron chi connectivity index (χ4n) is 1.49. The van der Waals surface area contributed by atoms with Crippen molar-refractivity contribution in [2.75, 3.05) is 0 Å². The second-order valence-electron chi connectivity index (χ2n) is 3.44. The molecule has 2 rings (SSSR count). The number of nitriles is 1. The molecule has 0 N–H and O–H groups in total. The number of alkyl halides is 1. The van der Waals surface area contributed by atoms with E-state index in [-0.39, 0.29) is 5.82 Å². The average molecular weight is 291 g/mol. The van der Waals surface area contributed by atoms with Crippen LogP contribution in [0.5, 0.6) is 0 Å². The molecule has 0 aliphatic rings. The third kappa shape index (κ3) is 2.51. The molecule has 0 amide bonds. The van der Waals surface area contributed by atoms with E-state index in [1.165, 1.54) is 12.1 Å². The molecule has 1 heterocycles. The van der Waals surface area contributed by atoms with Gasteiger partial charge in [0.15, 0.2) is 0 Å². The molecule has 0 bridgehead atoms. The van der Waals surface area contributed by atoms with E-state index >= 15 is 0 Å². The molecule has 0 radical (unpaired) electrons. The van der Waals surface area contributed by atoms with Gasteiger partial charge in [-0.25, -0.2) is 4.39 Å². The van der Waals surface area contributed by atoms with E-state index in [9.17, 15) is 4.39 Å². The number of rotatable bonds is 2. The first-order chi connectivity index (χ1) is 8.24. The molecule has 0 spiro atoms. The van der Waals surface area contributed by atoms with E-state index < -0.39 is 0 Å². The summed E-state index contributed by atoms with van der Waals surface area (Å²) in [6, 6.07) is 11.7. The number of hydrogen-bond donors (Lipinski definition) is 0. The average Bonchev–Trinajstić information content (AvgIpc) is 2.39. The molecule has 0 unspecified atom stereocenters. The van der Waals surface area contributed by atoms with Crippen molar-refractivity contribution in [1.82, 2.24) is 4.98 Å². The maximum atomic E-state index is 12.8. The highest BCUT2D eigenvalue weighted by molar-refractivity contribution is 9.08. The Morgan fingerprint density at radius 2 is 1.88 bits per heavy atom. The number of halogens is 2. The van der Waals surface area contributed by atoms with Gasteiger partial charge < -0.3 is 0 Å². The van der Waals surface area contributed by atoms with Crippen molar-refractivity contribution < 1.29 is 4.39 Å². The molecule has 2 aromatic rings. The number of hydrogen-bond acceptors (Lipinski definition) is 2. The van der Waals surface area contributed by atoms with Crippen LogP contribution >= 0.6 is 15.9 Å². The second-order valence-corrected chi connectivity index (χ2v) is 4.00. The van der Waals surface area contributed by atoms with E-state index in [0.29, 0.717) is 16.6 Å². The Morgan fingerprint density at radius 3 is 2.47 bits per heavy atom. The van der Waals surface area contributed by atoms with Crippen molar-refractivity contribution >= 4 is 15.9 Å². The molecule has 0 saturated heterocycles. The summed E-state index contributed by atoms with van der Waals surface area (Å²) in [6.45, 7) is 0. The molecule has 1 aromatic carbocycles. The standard InChI is InChI=1S/C13H8BrFN2/c14-7-13-10(8-16)3-6-12(17-13)9-1-4-11(15)5-2-9/h1-6H,7H2. The molecule has 0 aliphatic carbocycles. The maximum Gasteiger partial charge on any atom is 0.123 e. The van der Waals surface area contributed by atoms with Crippen LogP contribution in [0.1, 0.15) is 11.3 Å². The Hall–Kier alpha value is -1.73.